The van der Waals surface area contributed by atoms with Crippen molar-refractivity contribution in [2.75, 3.05) is 17.2 Å². The molecule has 0 unspecified atom stereocenters. The van der Waals surface area contributed by atoms with Crippen molar-refractivity contribution in [2.24, 2.45) is 0 Å². The van der Waals surface area contributed by atoms with E-state index in [2.05, 4.69) is 16.0 Å². The van der Waals surface area contributed by atoms with Gasteiger partial charge in [-0.25, -0.2) is 18.0 Å². The van der Waals surface area contributed by atoms with Crippen LogP contribution in [-0.2, 0) is 16.1 Å². The molecule has 3 aromatic rings. The minimum Gasteiger partial charge on any atom is -0.487 e. The van der Waals surface area contributed by atoms with Gasteiger partial charge >= 0.3 is 6.03 Å². The molecule has 5 rings (SSSR count). The number of carbonyl (C=O) groups is 2. The number of carbonyl (C=O) groups excluding carboxylic acids is 2. The number of aliphatic hydroxyl groups excluding tert-OH is 1. The van der Waals surface area contributed by atoms with Gasteiger partial charge in [-0.05, 0) is 55.0 Å². The number of para-hydroxylation sites is 1. The number of fused-ring (bicyclic) bond motifs is 3. The maximum Gasteiger partial charge on any atom is 0.323 e. The Kier molecular flexibility index (Phi) is 7.71. The predicted molar refractivity (Wildman–Crippen MR) is 136 cm³/mol. The summed E-state index contributed by atoms with van der Waals surface area (Å²) in [5.74, 6) is -1.88. The van der Waals surface area contributed by atoms with Gasteiger partial charge in [0, 0.05) is 29.3 Å². The van der Waals surface area contributed by atoms with E-state index in [9.17, 15) is 27.9 Å². The van der Waals surface area contributed by atoms with Crippen molar-refractivity contribution in [3.8, 4) is 5.75 Å². The number of hydrogen-bond donors (Lipinski definition) is 4. The van der Waals surface area contributed by atoms with E-state index in [1.165, 1.54) is 18.2 Å². The van der Waals surface area contributed by atoms with Crippen LogP contribution in [0.1, 0.15) is 29.9 Å². The molecule has 39 heavy (non-hydrogen) atoms. The van der Waals surface area contributed by atoms with Gasteiger partial charge in [0.2, 0.25) is 5.91 Å². The van der Waals surface area contributed by atoms with Crippen molar-refractivity contribution in [3.05, 3.63) is 89.2 Å². The van der Waals surface area contributed by atoms with Gasteiger partial charge < -0.3 is 30.5 Å². The quantitative estimate of drug-likeness (QED) is 0.354. The van der Waals surface area contributed by atoms with Gasteiger partial charge in [-0.3, -0.25) is 4.79 Å². The topological polar surface area (TPSA) is 109 Å². The molecule has 4 N–H and O–H groups in total. The molecule has 204 valence electrons. The summed E-state index contributed by atoms with van der Waals surface area (Å²) in [7, 11) is 0. The number of benzene rings is 3. The van der Waals surface area contributed by atoms with Gasteiger partial charge in [0.1, 0.15) is 35.4 Å². The molecule has 4 atom stereocenters. The van der Waals surface area contributed by atoms with Gasteiger partial charge in [0.15, 0.2) is 0 Å². The second kappa shape index (κ2) is 11.3. The Morgan fingerprint density at radius 3 is 2.59 bits per heavy atom. The maximum absolute atomic E-state index is 13.9. The van der Waals surface area contributed by atoms with E-state index in [0.717, 1.165) is 23.8 Å². The fourth-order valence-corrected chi connectivity index (χ4v) is 4.97. The lowest BCUT2D eigenvalue weighted by atomic mass is 9.84. The van der Waals surface area contributed by atoms with E-state index in [0.29, 0.717) is 17.9 Å². The minimum absolute atomic E-state index is 0.0263. The Hall–Kier alpha value is -4.09. The molecule has 2 aliphatic heterocycles. The fraction of sp³-hybridized carbons (Fsp3) is 0.286. The number of hydrogen-bond acceptors (Lipinski definition) is 5. The average molecular weight is 542 g/mol. The van der Waals surface area contributed by atoms with Crippen molar-refractivity contribution < 1.29 is 37.3 Å². The smallest absolute Gasteiger partial charge is 0.323 e. The lowest BCUT2D eigenvalue weighted by molar-refractivity contribution is -0.142. The molecule has 0 radical (unpaired) electrons. The number of aliphatic hydroxyl groups is 1. The normalized spacial score (nSPS) is 21.3. The predicted octanol–water partition coefficient (Wildman–Crippen LogP) is 4.45. The molecule has 11 heteroatoms. The number of rotatable bonds is 7. The summed E-state index contributed by atoms with van der Waals surface area (Å²) in [6.45, 7) is -0.515. The Morgan fingerprint density at radius 1 is 0.974 bits per heavy atom. The van der Waals surface area contributed by atoms with Crippen LogP contribution in [0.15, 0.2) is 60.7 Å². The summed E-state index contributed by atoms with van der Waals surface area (Å²) in [4.78, 5) is 25.0. The summed E-state index contributed by atoms with van der Waals surface area (Å²) in [6, 6.07) is 13.3. The second-order valence-corrected chi connectivity index (χ2v) is 9.43. The molecule has 1 saturated heterocycles. The third-order valence-electron chi connectivity index (χ3n) is 6.78. The van der Waals surface area contributed by atoms with Crippen LogP contribution in [-0.4, -0.2) is 42.0 Å². The molecule has 3 amide bonds. The molecule has 0 spiro atoms. The molecule has 2 aliphatic rings. The first kappa shape index (κ1) is 26.5. The van der Waals surface area contributed by atoms with Crippen molar-refractivity contribution in [2.45, 2.75) is 43.6 Å². The third kappa shape index (κ3) is 5.99. The highest BCUT2D eigenvalue weighted by Crippen LogP contribution is 2.47. The van der Waals surface area contributed by atoms with Crippen LogP contribution in [0.25, 0.3) is 0 Å². The van der Waals surface area contributed by atoms with Gasteiger partial charge in [-0.2, -0.15) is 0 Å². The zero-order chi connectivity index (χ0) is 27.5. The Bertz CT molecular complexity index is 1390. The second-order valence-electron chi connectivity index (χ2n) is 9.43. The Morgan fingerprint density at radius 2 is 1.79 bits per heavy atom. The van der Waals surface area contributed by atoms with Crippen LogP contribution in [0.5, 0.6) is 5.75 Å². The van der Waals surface area contributed by atoms with E-state index in [4.69, 9.17) is 9.47 Å². The number of amides is 3. The molecule has 0 aliphatic carbocycles. The highest BCUT2D eigenvalue weighted by molar-refractivity contribution is 6.00. The third-order valence-corrected chi connectivity index (χ3v) is 6.78. The summed E-state index contributed by atoms with van der Waals surface area (Å²) < 4.78 is 53.1. The molecule has 2 heterocycles. The molecule has 0 aromatic heterocycles. The highest BCUT2D eigenvalue weighted by atomic mass is 19.1. The summed E-state index contributed by atoms with van der Waals surface area (Å²) >= 11 is 0. The minimum atomic E-state index is -0.699. The first-order valence-corrected chi connectivity index (χ1v) is 12.4. The van der Waals surface area contributed by atoms with E-state index in [1.807, 2.05) is 0 Å². The van der Waals surface area contributed by atoms with Crippen molar-refractivity contribution in [3.63, 3.8) is 0 Å². The van der Waals surface area contributed by atoms with Crippen molar-refractivity contribution in [1.82, 2.24) is 5.32 Å². The summed E-state index contributed by atoms with van der Waals surface area (Å²) in [6.07, 6.45) is -1.43. The molecular weight excluding hydrogens is 515 g/mol. The van der Waals surface area contributed by atoms with Gasteiger partial charge in [0.25, 0.3) is 0 Å². The molecule has 3 aromatic carbocycles. The molecule has 0 bridgehead atoms. The Labute approximate surface area is 222 Å². The number of anilines is 2. The lowest BCUT2D eigenvalue weighted by Gasteiger charge is -2.37. The van der Waals surface area contributed by atoms with E-state index in [1.54, 1.807) is 24.3 Å². The van der Waals surface area contributed by atoms with Gasteiger partial charge in [-0.15, -0.1) is 0 Å². The van der Waals surface area contributed by atoms with Crippen LogP contribution in [0.3, 0.4) is 0 Å². The summed E-state index contributed by atoms with van der Waals surface area (Å²) in [5, 5.41) is 17.7. The van der Waals surface area contributed by atoms with Crippen molar-refractivity contribution in [1.29, 1.82) is 0 Å². The highest BCUT2D eigenvalue weighted by Gasteiger charge is 2.46. The monoisotopic (exact) mass is 541 g/mol. The Balaban J connectivity index is 1.24. The number of nitrogens with one attached hydrogen (secondary N) is 3. The largest absolute Gasteiger partial charge is 0.487 e. The maximum atomic E-state index is 13.9. The molecule has 0 saturated carbocycles. The number of urea groups is 1. The zero-order valence-corrected chi connectivity index (χ0v) is 20.6. The average Bonchev–Trinajstić information content (AvgIpc) is 3.28. The van der Waals surface area contributed by atoms with Crippen LogP contribution in [0, 0.1) is 17.5 Å². The molecule has 1 fully saturated rings. The number of halogens is 3. The van der Waals surface area contributed by atoms with Crippen LogP contribution in [0.4, 0.5) is 29.3 Å². The van der Waals surface area contributed by atoms with E-state index in [-0.39, 0.29) is 36.7 Å². The van der Waals surface area contributed by atoms with E-state index >= 15 is 0 Å². The first-order chi connectivity index (χ1) is 18.8. The van der Waals surface area contributed by atoms with Gasteiger partial charge in [-0.1, -0.05) is 12.1 Å². The fourth-order valence-electron chi connectivity index (χ4n) is 4.97. The first-order valence-electron chi connectivity index (χ1n) is 12.4. The lowest BCUT2D eigenvalue weighted by Crippen LogP contribution is -2.47. The van der Waals surface area contributed by atoms with Crippen LogP contribution >= 0.6 is 0 Å². The van der Waals surface area contributed by atoms with E-state index < -0.39 is 47.7 Å². The summed E-state index contributed by atoms with van der Waals surface area (Å²) in [5.41, 5.74) is 1.29. The standard InChI is InChI=1S/C28H26F3N3O5/c29-16-5-7-21(30)15(9-16)13-32-26(36)12-18-11-20-19-10-17(6-8-24(19)39-27(20)25(14-35)38-18)33-28(37)34-23-4-2-1-3-22(23)31/h1-10,18,20,25,27,35H,11-14H2,(H,32,36)(H2,33,34,37)/t18-,20-,25-,27+/m1/s1. The van der Waals surface area contributed by atoms with Crippen LogP contribution < -0.4 is 20.7 Å². The van der Waals surface area contributed by atoms with Crippen LogP contribution in [0.2, 0.25) is 0 Å². The zero-order valence-electron chi connectivity index (χ0n) is 20.6. The molecular formula is C28H26F3N3O5. The van der Waals surface area contributed by atoms with Crippen molar-refractivity contribution >= 4 is 23.3 Å². The number of ether oxygens (including phenoxy) is 2. The molecule has 8 nitrogen and oxygen atoms in total. The van der Waals surface area contributed by atoms with Gasteiger partial charge in [0.05, 0.1) is 24.8 Å². The SMILES string of the molecule is O=C(C[C@H]1C[C@@H]2c3cc(NC(=O)Nc4ccccc4F)ccc3O[C@@H]2[C@@H](CO)O1)NCc1cc(F)ccc1F.